The highest BCUT2D eigenvalue weighted by atomic mass is 32.2. The maximum Gasteiger partial charge on any atom is 0.271 e. The summed E-state index contributed by atoms with van der Waals surface area (Å²) < 4.78 is 37.0. The first-order valence-electron chi connectivity index (χ1n) is 12.1. The van der Waals surface area contributed by atoms with Crippen LogP contribution < -0.4 is 24.2 Å². The monoisotopic (exact) mass is 567 g/mol. The molecule has 5 rings (SSSR count). The van der Waals surface area contributed by atoms with Gasteiger partial charge >= 0.3 is 0 Å². The van der Waals surface area contributed by atoms with Crippen molar-refractivity contribution in [1.29, 1.82) is 0 Å². The number of benzene rings is 2. The molecule has 1 aliphatic rings. The minimum absolute atomic E-state index is 0.0925. The van der Waals surface area contributed by atoms with E-state index in [0.717, 1.165) is 37.7 Å². The lowest BCUT2D eigenvalue weighted by Crippen LogP contribution is -2.36. The summed E-state index contributed by atoms with van der Waals surface area (Å²) in [6, 6.07) is 20.2. The minimum Gasteiger partial charge on any atom is -0.744 e. The van der Waals surface area contributed by atoms with Gasteiger partial charge in [-0.2, -0.15) is 4.57 Å². The zero-order valence-corrected chi connectivity index (χ0v) is 24.1. The van der Waals surface area contributed by atoms with Gasteiger partial charge in [0.25, 0.3) is 5.56 Å². The van der Waals surface area contributed by atoms with E-state index in [0.29, 0.717) is 6.54 Å². The lowest BCUT2D eigenvalue weighted by Gasteiger charge is -2.11. The molecule has 3 heterocycles. The molecule has 4 aromatic rings. The number of fused-ring (bicyclic) bond motifs is 1. The number of thiazole rings is 1. The van der Waals surface area contributed by atoms with Gasteiger partial charge in [0.15, 0.2) is 6.20 Å². The lowest BCUT2D eigenvalue weighted by molar-refractivity contribution is -0.695. The molecule has 38 heavy (non-hydrogen) atoms. The van der Waals surface area contributed by atoms with Crippen molar-refractivity contribution in [3.63, 3.8) is 0 Å². The van der Waals surface area contributed by atoms with Crippen LogP contribution >= 0.6 is 23.1 Å². The number of hydrogen-bond donors (Lipinski definition) is 0. The second kappa shape index (κ2) is 11.7. The number of anilines is 1. The van der Waals surface area contributed by atoms with Gasteiger partial charge in [0.2, 0.25) is 5.69 Å². The molecule has 0 spiro atoms. The topological polar surface area (TPSA) is 86.3 Å². The van der Waals surface area contributed by atoms with Crippen molar-refractivity contribution < 1.29 is 17.5 Å². The fourth-order valence-corrected chi connectivity index (χ4v) is 6.94. The van der Waals surface area contributed by atoms with Crippen LogP contribution in [-0.4, -0.2) is 24.6 Å². The number of para-hydroxylation sites is 1. The van der Waals surface area contributed by atoms with Crippen LogP contribution in [0.1, 0.15) is 25.1 Å². The molecule has 0 amide bonds. The van der Waals surface area contributed by atoms with Crippen molar-refractivity contribution in [3.05, 3.63) is 104 Å². The number of thioether (sulfide) groups is 1. The Balaban J connectivity index is 0.000000257. The maximum atomic E-state index is 13.1. The van der Waals surface area contributed by atoms with Gasteiger partial charge in [0.05, 0.1) is 10.6 Å². The van der Waals surface area contributed by atoms with E-state index in [1.165, 1.54) is 17.0 Å². The van der Waals surface area contributed by atoms with E-state index in [2.05, 4.69) is 46.9 Å². The highest BCUT2D eigenvalue weighted by Crippen LogP contribution is 2.44. The van der Waals surface area contributed by atoms with Crippen molar-refractivity contribution in [2.24, 2.45) is 0 Å². The Morgan fingerprint density at radius 1 is 1.00 bits per heavy atom. The molecule has 0 N–H and O–H groups in total. The van der Waals surface area contributed by atoms with Gasteiger partial charge in [0.1, 0.15) is 30.9 Å². The van der Waals surface area contributed by atoms with Gasteiger partial charge in [-0.1, -0.05) is 41.6 Å². The van der Waals surface area contributed by atoms with Gasteiger partial charge in [-0.05, 0) is 51.1 Å². The molecule has 198 valence electrons. The molecule has 0 unspecified atom stereocenters. The molecule has 0 bridgehead atoms. The lowest BCUT2D eigenvalue weighted by atomic mass is 10.2. The number of rotatable bonds is 4. The Hall–Kier alpha value is -3.18. The van der Waals surface area contributed by atoms with Crippen molar-refractivity contribution in [3.8, 4) is 0 Å². The van der Waals surface area contributed by atoms with Gasteiger partial charge < -0.3 is 9.45 Å². The summed E-state index contributed by atoms with van der Waals surface area (Å²) >= 11 is 3.26. The summed E-state index contributed by atoms with van der Waals surface area (Å²) in [7, 11) is -2.23. The molecule has 7 nitrogen and oxygen atoms in total. The van der Waals surface area contributed by atoms with Gasteiger partial charge in [-0.25, -0.2) is 8.42 Å². The summed E-state index contributed by atoms with van der Waals surface area (Å²) in [5.74, 6) is 0. The van der Waals surface area contributed by atoms with Crippen molar-refractivity contribution in [2.75, 3.05) is 11.9 Å². The average Bonchev–Trinajstić information content (AvgIpc) is 3.40. The summed E-state index contributed by atoms with van der Waals surface area (Å²) in [6.07, 6.45) is 4.19. The Morgan fingerprint density at radius 2 is 1.68 bits per heavy atom. The third-order valence-electron chi connectivity index (χ3n) is 6.06. The SMILES string of the molecule is CCn1c(=O)/c(=C2\Sc3ccccc3N2C)s/c1=C\c1cccc[n+]1CC.Cc1ccc(S(=O)(=O)[O-])cc1. The summed E-state index contributed by atoms with van der Waals surface area (Å²) in [6.45, 7) is 7.53. The summed E-state index contributed by atoms with van der Waals surface area (Å²) in [5, 5.41) is 1.02. The molecule has 0 fully saturated rings. The van der Waals surface area contributed by atoms with Crippen LogP contribution in [0.15, 0.2) is 87.5 Å². The molecule has 2 aromatic heterocycles. The van der Waals surface area contributed by atoms with Crippen LogP contribution in [0, 0.1) is 6.92 Å². The predicted octanol–water partition coefficient (Wildman–Crippen LogP) is 3.27. The molecular weight excluding hydrogens is 539 g/mol. The van der Waals surface area contributed by atoms with E-state index in [1.807, 2.05) is 49.7 Å². The van der Waals surface area contributed by atoms with E-state index in [9.17, 15) is 17.8 Å². The fraction of sp³-hybridized carbons (Fsp3) is 0.214. The predicted molar refractivity (Wildman–Crippen MR) is 153 cm³/mol. The van der Waals surface area contributed by atoms with Crippen LogP contribution in [0.2, 0.25) is 0 Å². The Kier molecular flexibility index (Phi) is 8.57. The van der Waals surface area contributed by atoms with Crippen molar-refractivity contribution >= 4 is 50.0 Å². The van der Waals surface area contributed by atoms with E-state index in [-0.39, 0.29) is 10.5 Å². The molecule has 10 heteroatoms. The van der Waals surface area contributed by atoms with E-state index in [4.69, 9.17) is 0 Å². The number of aryl methyl sites for hydroxylation is 2. The van der Waals surface area contributed by atoms with E-state index >= 15 is 0 Å². The number of nitrogens with zero attached hydrogens (tertiary/aromatic N) is 3. The molecular formula is C28H29N3O4S3. The third-order valence-corrected chi connectivity index (χ3v) is 9.39. The Labute approximate surface area is 230 Å². The number of hydrogen-bond acceptors (Lipinski definition) is 7. The quantitative estimate of drug-likeness (QED) is 0.278. The van der Waals surface area contributed by atoms with Gasteiger partial charge in [-0.15, -0.1) is 11.3 Å². The molecule has 0 saturated heterocycles. The van der Waals surface area contributed by atoms with Crippen molar-refractivity contribution in [1.82, 2.24) is 4.57 Å². The molecule has 0 saturated carbocycles. The smallest absolute Gasteiger partial charge is 0.271 e. The van der Waals surface area contributed by atoms with Crippen LogP contribution in [0.3, 0.4) is 0 Å². The number of aromatic nitrogens is 2. The van der Waals surface area contributed by atoms with Crippen molar-refractivity contribution in [2.45, 2.75) is 43.7 Å². The largest absolute Gasteiger partial charge is 0.744 e. The second-order valence-electron chi connectivity index (χ2n) is 8.58. The Morgan fingerprint density at radius 3 is 2.32 bits per heavy atom. The number of pyridine rings is 1. The third kappa shape index (κ3) is 5.94. The van der Waals surface area contributed by atoms with Crippen LogP contribution in [0.5, 0.6) is 0 Å². The fourth-order valence-electron chi connectivity index (χ4n) is 4.01. The maximum absolute atomic E-state index is 13.1. The highest BCUT2D eigenvalue weighted by molar-refractivity contribution is 8.08. The second-order valence-corrected chi connectivity index (χ2v) is 12.0. The van der Waals surface area contributed by atoms with E-state index in [1.54, 1.807) is 35.2 Å². The molecule has 2 aromatic carbocycles. The first kappa shape index (κ1) is 27.8. The highest BCUT2D eigenvalue weighted by Gasteiger charge is 2.24. The first-order chi connectivity index (χ1) is 18.1. The molecule has 1 aliphatic heterocycles. The minimum atomic E-state index is -4.27. The Bertz CT molecular complexity index is 1740. The van der Waals surface area contributed by atoms with Gasteiger partial charge in [0, 0.05) is 36.7 Å². The van der Waals surface area contributed by atoms with Gasteiger partial charge in [-0.3, -0.25) is 9.36 Å². The zero-order valence-electron chi connectivity index (χ0n) is 21.6. The average molecular weight is 568 g/mol. The molecule has 0 aliphatic carbocycles. The summed E-state index contributed by atoms with van der Waals surface area (Å²) in [4.78, 5) is 16.3. The van der Waals surface area contributed by atoms with Crippen LogP contribution in [-0.2, 0) is 23.2 Å². The van der Waals surface area contributed by atoms with Crippen LogP contribution in [0.4, 0.5) is 5.69 Å². The standard InChI is InChI=1S/C21H22N3OS2.C7H8O3S/c1-4-23-13-9-8-10-15(23)14-18-24(5-2)20(25)19(27-18)21-22(3)16-11-6-7-12-17(16)26-21;1-6-2-4-7(5-3-6)11(8,9)10/h6-14H,4-5H2,1-3H3;2-5H,1H3,(H,8,9,10)/q+1;/p-1/b21-19+;. The van der Waals surface area contributed by atoms with Crippen LogP contribution in [0.25, 0.3) is 11.1 Å². The normalized spacial score (nSPS) is 14.8. The zero-order chi connectivity index (χ0) is 27.4. The molecule has 0 atom stereocenters. The first-order valence-corrected chi connectivity index (χ1v) is 15.2. The van der Waals surface area contributed by atoms with E-state index < -0.39 is 10.1 Å². The molecule has 0 radical (unpaired) electrons. The summed E-state index contributed by atoms with van der Waals surface area (Å²) in [5.41, 5.74) is 3.29.